The number of furan rings is 1. The van der Waals surface area contributed by atoms with Crippen molar-refractivity contribution in [2.45, 2.75) is 0 Å². The number of para-hydroxylation sites is 5. The molecule has 67 heavy (non-hydrogen) atoms. The summed E-state index contributed by atoms with van der Waals surface area (Å²) in [6.45, 7) is 0. The first-order valence-electron chi connectivity index (χ1n) is 22.9. The number of benzene rings is 11. The van der Waals surface area contributed by atoms with Crippen molar-refractivity contribution >= 4 is 71.6 Å². The topological polar surface area (TPSA) is 21.3 Å². The fourth-order valence-electron chi connectivity index (χ4n) is 10.3. The maximum absolute atomic E-state index is 6.30. The quantitative estimate of drug-likeness (QED) is 0.152. The second kappa shape index (κ2) is 16.0. The van der Waals surface area contributed by atoms with Gasteiger partial charge in [-0.05, 0) is 117 Å². The summed E-state index contributed by atoms with van der Waals surface area (Å²) < 4.78 is 8.67. The molecule has 0 aliphatic rings. The zero-order valence-corrected chi connectivity index (χ0v) is 36.6. The van der Waals surface area contributed by atoms with Crippen molar-refractivity contribution in [1.29, 1.82) is 0 Å². The maximum atomic E-state index is 6.30. The highest BCUT2D eigenvalue weighted by molar-refractivity contribution is 6.12. The van der Waals surface area contributed by atoms with Crippen LogP contribution in [-0.2, 0) is 0 Å². The van der Waals surface area contributed by atoms with Crippen LogP contribution in [0.2, 0.25) is 0 Å². The smallest absolute Gasteiger partial charge is 0.135 e. The Morgan fingerprint density at radius 2 is 0.881 bits per heavy atom. The van der Waals surface area contributed by atoms with Crippen molar-refractivity contribution < 1.29 is 4.42 Å². The van der Waals surface area contributed by atoms with E-state index in [4.69, 9.17) is 4.42 Å². The van der Waals surface area contributed by atoms with Crippen LogP contribution in [-0.4, -0.2) is 4.57 Å². The molecule has 0 unspecified atom stereocenters. The van der Waals surface area contributed by atoms with Crippen molar-refractivity contribution in [2.75, 3.05) is 4.90 Å². The Labute approximate surface area is 388 Å². The van der Waals surface area contributed by atoms with Crippen molar-refractivity contribution in [3.8, 4) is 50.2 Å². The summed E-state index contributed by atoms with van der Waals surface area (Å²) in [5.74, 6) is 0. The molecule has 11 aromatic carbocycles. The Morgan fingerprint density at radius 1 is 0.313 bits per heavy atom. The summed E-state index contributed by atoms with van der Waals surface area (Å²) >= 11 is 0. The molecule has 3 nitrogen and oxygen atoms in total. The van der Waals surface area contributed by atoms with E-state index in [9.17, 15) is 0 Å². The van der Waals surface area contributed by atoms with Crippen LogP contribution in [0.5, 0.6) is 0 Å². The molecule has 13 aromatic rings. The molecule has 0 spiro atoms. The third-order valence-electron chi connectivity index (χ3n) is 13.4. The van der Waals surface area contributed by atoms with Gasteiger partial charge in [-0.3, -0.25) is 0 Å². The molecule has 0 amide bonds. The van der Waals surface area contributed by atoms with E-state index in [2.05, 4.69) is 252 Å². The van der Waals surface area contributed by atoms with Gasteiger partial charge in [0.2, 0.25) is 0 Å². The number of hydrogen-bond donors (Lipinski definition) is 0. The Hall–Kier alpha value is -8.92. The van der Waals surface area contributed by atoms with Crippen molar-refractivity contribution in [3.05, 3.63) is 255 Å². The monoisotopic (exact) mass is 854 g/mol. The molecule has 0 fully saturated rings. The first-order chi connectivity index (χ1) is 33.2. The van der Waals surface area contributed by atoms with Gasteiger partial charge in [0.05, 0.1) is 22.4 Å². The molecule has 13 rings (SSSR count). The molecule has 0 atom stereocenters. The van der Waals surface area contributed by atoms with Gasteiger partial charge in [0.25, 0.3) is 0 Å². The maximum Gasteiger partial charge on any atom is 0.135 e. The number of anilines is 3. The number of nitrogens with zero attached hydrogens (tertiary/aromatic N) is 2. The standard InChI is InChI=1S/C64H42N2O/c1-3-17-44(18-4-1)51-27-15-19-45-20-16-28-55(64(45)51)52-24-8-12-30-59(52)66(58-29-11-7-23-50(58)47-36-40-63-57(42-47)54-26-10-14-32-62(54)67-63)49-37-33-43(34-38-49)46-35-39-61-56(41-46)53-25-9-13-31-60(53)65(61)48-21-5-2-6-22-48/h1-42H. The number of fused-ring (bicyclic) bond motifs is 7. The molecule has 2 heterocycles. The summed E-state index contributed by atoms with van der Waals surface area (Å²) in [4.78, 5) is 2.45. The summed E-state index contributed by atoms with van der Waals surface area (Å²) in [7, 11) is 0. The fourth-order valence-corrected chi connectivity index (χ4v) is 10.3. The van der Waals surface area contributed by atoms with Crippen molar-refractivity contribution in [3.63, 3.8) is 0 Å². The van der Waals surface area contributed by atoms with Gasteiger partial charge in [-0.25, -0.2) is 0 Å². The van der Waals surface area contributed by atoms with Crippen LogP contribution in [0.25, 0.3) is 105 Å². The zero-order valence-electron chi connectivity index (χ0n) is 36.6. The van der Waals surface area contributed by atoms with Gasteiger partial charge in [-0.2, -0.15) is 0 Å². The van der Waals surface area contributed by atoms with Gasteiger partial charge in [-0.15, -0.1) is 0 Å². The predicted octanol–water partition coefficient (Wildman–Crippen LogP) is 18.0. The minimum atomic E-state index is 0.883. The number of rotatable bonds is 8. The van der Waals surface area contributed by atoms with Gasteiger partial charge in [0.1, 0.15) is 11.2 Å². The fraction of sp³-hybridized carbons (Fsp3) is 0. The van der Waals surface area contributed by atoms with E-state index >= 15 is 0 Å². The van der Waals surface area contributed by atoms with Crippen LogP contribution in [0.1, 0.15) is 0 Å². The lowest BCUT2D eigenvalue weighted by Crippen LogP contribution is -2.12. The minimum Gasteiger partial charge on any atom is -0.456 e. The summed E-state index contributed by atoms with van der Waals surface area (Å²) in [5.41, 5.74) is 17.9. The predicted molar refractivity (Wildman–Crippen MR) is 282 cm³/mol. The van der Waals surface area contributed by atoms with Gasteiger partial charge in [-0.1, -0.05) is 182 Å². The SMILES string of the molecule is c1ccc(-c2cccc3cccc(-c4ccccc4N(c4ccc(-c5ccc6c(c5)c5ccccc5n6-c5ccccc5)cc4)c4ccccc4-c4ccc5oc6ccccc6c5c4)c23)cc1. The third-order valence-corrected chi connectivity index (χ3v) is 13.4. The molecule has 3 heteroatoms. The van der Waals surface area contributed by atoms with Crippen LogP contribution in [0, 0.1) is 0 Å². The first-order valence-corrected chi connectivity index (χ1v) is 22.9. The lowest BCUT2D eigenvalue weighted by atomic mass is 9.90. The molecule has 0 N–H and O–H groups in total. The van der Waals surface area contributed by atoms with Crippen molar-refractivity contribution in [1.82, 2.24) is 4.57 Å². The Morgan fingerprint density at radius 3 is 1.69 bits per heavy atom. The summed E-state index contributed by atoms with van der Waals surface area (Å²) in [6, 6.07) is 92.1. The number of aromatic nitrogens is 1. The average molecular weight is 855 g/mol. The highest BCUT2D eigenvalue weighted by atomic mass is 16.3. The molecule has 0 radical (unpaired) electrons. The van der Waals surface area contributed by atoms with Crippen LogP contribution in [0.3, 0.4) is 0 Å². The van der Waals surface area contributed by atoms with E-state index in [0.29, 0.717) is 0 Å². The largest absolute Gasteiger partial charge is 0.456 e. The van der Waals surface area contributed by atoms with Gasteiger partial charge < -0.3 is 13.9 Å². The van der Waals surface area contributed by atoms with E-state index in [1.54, 1.807) is 0 Å². The molecule has 0 saturated heterocycles. The van der Waals surface area contributed by atoms with E-state index in [1.807, 2.05) is 12.1 Å². The molecular formula is C64H42N2O. The lowest BCUT2D eigenvalue weighted by molar-refractivity contribution is 0.669. The second-order valence-corrected chi connectivity index (χ2v) is 17.2. The normalized spacial score (nSPS) is 11.6. The van der Waals surface area contributed by atoms with Gasteiger partial charge >= 0.3 is 0 Å². The molecule has 0 aliphatic heterocycles. The van der Waals surface area contributed by atoms with Crippen LogP contribution in [0.4, 0.5) is 17.1 Å². The third kappa shape index (κ3) is 6.51. The van der Waals surface area contributed by atoms with E-state index in [0.717, 1.165) is 66.9 Å². The van der Waals surface area contributed by atoms with Crippen LogP contribution < -0.4 is 4.90 Å². The van der Waals surface area contributed by atoms with E-state index in [-0.39, 0.29) is 0 Å². The Balaban J connectivity index is 1.00. The van der Waals surface area contributed by atoms with E-state index in [1.165, 1.54) is 54.8 Å². The molecule has 0 aliphatic carbocycles. The van der Waals surface area contributed by atoms with Crippen LogP contribution >= 0.6 is 0 Å². The molecule has 0 saturated carbocycles. The second-order valence-electron chi connectivity index (χ2n) is 17.2. The summed E-state index contributed by atoms with van der Waals surface area (Å²) in [6.07, 6.45) is 0. The average Bonchev–Trinajstić information content (AvgIpc) is 3.94. The minimum absolute atomic E-state index is 0.883. The molecule has 314 valence electrons. The Kier molecular flexibility index (Phi) is 9.17. The van der Waals surface area contributed by atoms with E-state index < -0.39 is 0 Å². The highest BCUT2D eigenvalue weighted by Crippen LogP contribution is 2.48. The Bertz CT molecular complexity index is 3970. The van der Waals surface area contributed by atoms with Crippen LogP contribution in [0.15, 0.2) is 259 Å². The van der Waals surface area contributed by atoms with Crippen molar-refractivity contribution in [2.24, 2.45) is 0 Å². The highest BCUT2D eigenvalue weighted by Gasteiger charge is 2.23. The van der Waals surface area contributed by atoms with Gasteiger partial charge in [0, 0.05) is 44.0 Å². The molecule has 2 aromatic heterocycles. The van der Waals surface area contributed by atoms with Gasteiger partial charge in [0.15, 0.2) is 0 Å². The zero-order chi connectivity index (χ0) is 44.3. The first kappa shape index (κ1) is 38.5. The molecular weight excluding hydrogens is 813 g/mol. The number of hydrogen-bond acceptors (Lipinski definition) is 2. The molecule has 0 bridgehead atoms. The lowest BCUT2D eigenvalue weighted by Gasteiger charge is -2.30. The summed E-state index contributed by atoms with van der Waals surface area (Å²) in [5, 5.41) is 7.13.